The van der Waals surface area contributed by atoms with E-state index in [0.717, 1.165) is 24.0 Å². The van der Waals surface area contributed by atoms with Gasteiger partial charge in [-0.05, 0) is 38.6 Å². The lowest BCUT2D eigenvalue weighted by Gasteiger charge is -2.33. The highest BCUT2D eigenvalue weighted by Crippen LogP contribution is 2.15. The number of guanidine groups is 1. The van der Waals surface area contributed by atoms with Gasteiger partial charge in [0, 0.05) is 31.7 Å². The highest BCUT2D eigenvalue weighted by Gasteiger charge is 2.19. The maximum atomic E-state index is 5.38. The normalized spacial score (nSPS) is 17.2. The largest absolute Gasteiger partial charge is 0.359 e. The minimum absolute atomic E-state index is 0.380. The highest BCUT2D eigenvalue weighted by molar-refractivity contribution is 5.80. The average Bonchev–Trinajstić information content (AvgIpc) is 3.08. The van der Waals surface area contributed by atoms with Crippen LogP contribution in [0.1, 0.15) is 70.8 Å². The molecule has 0 radical (unpaired) electrons. The second-order valence-corrected chi connectivity index (χ2v) is 7.18. The van der Waals surface area contributed by atoms with Gasteiger partial charge in [-0.25, -0.2) is 4.99 Å². The summed E-state index contributed by atoms with van der Waals surface area (Å²) < 4.78 is 5.38. The molecule has 0 amide bonds. The van der Waals surface area contributed by atoms with Gasteiger partial charge in [-0.15, -0.1) is 0 Å². The van der Waals surface area contributed by atoms with Crippen LogP contribution in [-0.2, 0) is 6.54 Å². The van der Waals surface area contributed by atoms with Gasteiger partial charge in [-0.2, -0.15) is 0 Å². The third-order valence-electron chi connectivity index (χ3n) is 4.66. The van der Waals surface area contributed by atoms with Gasteiger partial charge in [0.15, 0.2) is 11.7 Å². The monoisotopic (exact) mass is 349 g/mol. The number of piperidine rings is 1. The third kappa shape index (κ3) is 6.69. The van der Waals surface area contributed by atoms with E-state index in [2.05, 4.69) is 53.4 Å². The highest BCUT2D eigenvalue weighted by atomic mass is 16.5. The van der Waals surface area contributed by atoms with Gasteiger partial charge in [-0.3, -0.25) is 0 Å². The van der Waals surface area contributed by atoms with Gasteiger partial charge >= 0.3 is 0 Å². The second kappa shape index (κ2) is 10.4. The molecule has 142 valence electrons. The molecule has 0 aromatic carbocycles. The quantitative estimate of drug-likeness (QED) is 0.558. The number of nitrogens with zero attached hydrogens (tertiary/aromatic N) is 3. The molecule has 2 heterocycles. The molecular formula is C19H35N5O. The third-order valence-corrected chi connectivity index (χ3v) is 4.66. The smallest absolute Gasteiger partial charge is 0.191 e. The Morgan fingerprint density at radius 2 is 2.12 bits per heavy atom. The van der Waals surface area contributed by atoms with Crippen molar-refractivity contribution >= 4 is 5.96 Å². The Morgan fingerprint density at radius 1 is 1.36 bits per heavy atom. The van der Waals surface area contributed by atoms with E-state index in [1.807, 2.05) is 6.07 Å². The van der Waals surface area contributed by atoms with E-state index in [1.54, 1.807) is 0 Å². The van der Waals surface area contributed by atoms with Crippen LogP contribution >= 0.6 is 0 Å². The van der Waals surface area contributed by atoms with Crippen molar-refractivity contribution in [2.24, 2.45) is 4.99 Å². The van der Waals surface area contributed by atoms with E-state index in [-0.39, 0.29) is 0 Å². The first-order chi connectivity index (χ1) is 12.1. The fourth-order valence-electron chi connectivity index (χ4n) is 3.03. The molecule has 1 aliphatic heterocycles. The zero-order chi connectivity index (χ0) is 18.1. The molecule has 0 unspecified atom stereocenters. The Hall–Kier alpha value is -1.56. The van der Waals surface area contributed by atoms with Crippen molar-refractivity contribution in [2.45, 2.75) is 71.9 Å². The van der Waals surface area contributed by atoms with Crippen molar-refractivity contribution in [3.05, 3.63) is 17.5 Å². The molecule has 1 aliphatic rings. The summed E-state index contributed by atoms with van der Waals surface area (Å²) >= 11 is 0. The Morgan fingerprint density at radius 3 is 2.72 bits per heavy atom. The van der Waals surface area contributed by atoms with Gasteiger partial charge in [0.1, 0.15) is 6.54 Å². The number of hydrogen-bond donors (Lipinski definition) is 2. The molecule has 6 heteroatoms. The van der Waals surface area contributed by atoms with Crippen LogP contribution in [0.25, 0.3) is 0 Å². The lowest BCUT2D eigenvalue weighted by molar-refractivity contribution is 0.203. The molecular weight excluding hydrogens is 314 g/mol. The molecule has 0 atom stereocenters. The fraction of sp³-hybridized carbons (Fsp3) is 0.789. The number of aromatic nitrogens is 1. The van der Waals surface area contributed by atoms with Crippen LogP contribution in [0.5, 0.6) is 0 Å². The summed E-state index contributed by atoms with van der Waals surface area (Å²) in [5.74, 6) is 2.07. The molecule has 1 fully saturated rings. The number of unbranched alkanes of at least 4 members (excludes halogenated alkanes) is 1. The van der Waals surface area contributed by atoms with E-state index in [0.29, 0.717) is 18.5 Å². The Labute approximate surface area is 152 Å². The SMILES string of the molecule is CCCCN1CCC(NC(=NCc2cc(C(C)C)no2)NCC)CC1. The number of nitrogens with one attached hydrogen (secondary N) is 2. The topological polar surface area (TPSA) is 65.7 Å². The molecule has 2 N–H and O–H groups in total. The maximum absolute atomic E-state index is 5.38. The van der Waals surface area contributed by atoms with Crippen LogP contribution in [-0.4, -0.2) is 48.2 Å². The van der Waals surface area contributed by atoms with Gasteiger partial charge in [-0.1, -0.05) is 32.3 Å². The second-order valence-electron chi connectivity index (χ2n) is 7.18. The summed E-state index contributed by atoms with van der Waals surface area (Å²) in [6.07, 6.45) is 4.93. The zero-order valence-electron chi connectivity index (χ0n) is 16.3. The minimum atomic E-state index is 0.380. The molecule has 25 heavy (non-hydrogen) atoms. The van der Waals surface area contributed by atoms with Crippen molar-refractivity contribution < 1.29 is 4.52 Å². The molecule has 0 spiro atoms. The summed E-state index contributed by atoms with van der Waals surface area (Å²) in [6.45, 7) is 13.5. The first kappa shape index (κ1) is 19.8. The summed E-state index contributed by atoms with van der Waals surface area (Å²) in [4.78, 5) is 7.24. The molecule has 6 nitrogen and oxygen atoms in total. The predicted octanol–water partition coefficient (Wildman–Crippen LogP) is 3.12. The van der Waals surface area contributed by atoms with Crippen LogP contribution in [0.3, 0.4) is 0 Å². The number of aliphatic imine (C=N–C) groups is 1. The zero-order valence-corrected chi connectivity index (χ0v) is 16.3. The number of rotatable bonds is 8. The van der Waals surface area contributed by atoms with E-state index in [1.165, 1.54) is 45.3 Å². The summed E-state index contributed by atoms with van der Waals surface area (Å²) in [5, 5.41) is 11.0. The number of likely N-dealkylation sites (tertiary alicyclic amines) is 1. The first-order valence-electron chi connectivity index (χ1n) is 9.85. The lowest BCUT2D eigenvalue weighted by Crippen LogP contribution is -2.48. The average molecular weight is 350 g/mol. The van der Waals surface area contributed by atoms with Crippen molar-refractivity contribution in [3.63, 3.8) is 0 Å². The van der Waals surface area contributed by atoms with Gasteiger partial charge < -0.3 is 20.1 Å². The summed E-state index contributed by atoms with van der Waals surface area (Å²) in [5.41, 5.74) is 0.989. The van der Waals surface area contributed by atoms with E-state index in [4.69, 9.17) is 4.52 Å². The van der Waals surface area contributed by atoms with Gasteiger partial charge in [0.2, 0.25) is 0 Å². The first-order valence-corrected chi connectivity index (χ1v) is 9.85. The molecule has 0 aliphatic carbocycles. The lowest BCUT2D eigenvalue weighted by atomic mass is 10.0. The Balaban J connectivity index is 1.83. The fourth-order valence-corrected chi connectivity index (χ4v) is 3.03. The van der Waals surface area contributed by atoms with Crippen molar-refractivity contribution in [3.8, 4) is 0 Å². The summed E-state index contributed by atoms with van der Waals surface area (Å²) in [6, 6.07) is 2.50. The van der Waals surface area contributed by atoms with Gasteiger partial charge in [0.05, 0.1) is 5.69 Å². The molecule has 0 saturated carbocycles. The molecule has 2 rings (SSSR count). The van der Waals surface area contributed by atoms with E-state index < -0.39 is 0 Å². The van der Waals surface area contributed by atoms with Crippen LogP contribution in [0.4, 0.5) is 0 Å². The number of hydrogen-bond acceptors (Lipinski definition) is 4. The molecule has 1 saturated heterocycles. The van der Waals surface area contributed by atoms with Crippen molar-refractivity contribution in [1.29, 1.82) is 0 Å². The van der Waals surface area contributed by atoms with Gasteiger partial charge in [0.25, 0.3) is 0 Å². The maximum Gasteiger partial charge on any atom is 0.191 e. The van der Waals surface area contributed by atoms with Crippen molar-refractivity contribution in [1.82, 2.24) is 20.7 Å². The molecule has 1 aromatic heterocycles. The van der Waals surface area contributed by atoms with Crippen LogP contribution in [0.2, 0.25) is 0 Å². The summed E-state index contributed by atoms with van der Waals surface area (Å²) in [7, 11) is 0. The van der Waals surface area contributed by atoms with Crippen LogP contribution in [0.15, 0.2) is 15.6 Å². The van der Waals surface area contributed by atoms with Crippen molar-refractivity contribution in [2.75, 3.05) is 26.2 Å². The molecule has 0 bridgehead atoms. The Kier molecular flexibility index (Phi) is 8.25. The Bertz CT molecular complexity index is 518. The van der Waals surface area contributed by atoms with E-state index in [9.17, 15) is 0 Å². The van der Waals surface area contributed by atoms with Crippen LogP contribution < -0.4 is 10.6 Å². The predicted molar refractivity (Wildman–Crippen MR) is 103 cm³/mol. The minimum Gasteiger partial charge on any atom is -0.359 e. The molecule has 1 aromatic rings. The standard InChI is InChI=1S/C19H35N5O/c1-5-7-10-24-11-8-16(9-12-24)22-19(20-6-2)21-14-17-13-18(15(3)4)23-25-17/h13,15-16H,5-12,14H2,1-4H3,(H2,20,21,22). The van der Waals surface area contributed by atoms with Crippen LogP contribution in [0, 0.1) is 0 Å². The van der Waals surface area contributed by atoms with E-state index >= 15 is 0 Å².